The van der Waals surface area contributed by atoms with E-state index in [2.05, 4.69) is 4.90 Å². The molecule has 7 heteroatoms. The molecule has 1 aliphatic heterocycles. The number of benzene rings is 1. The molecule has 1 aliphatic rings. The van der Waals surface area contributed by atoms with Crippen molar-refractivity contribution in [2.45, 2.75) is 6.10 Å². The van der Waals surface area contributed by atoms with Gasteiger partial charge in [-0.05, 0) is 12.1 Å². The van der Waals surface area contributed by atoms with E-state index in [0.717, 1.165) is 13.1 Å². The van der Waals surface area contributed by atoms with Gasteiger partial charge in [0.05, 0.1) is 6.54 Å². The molecule has 1 fully saturated rings. The first-order chi connectivity index (χ1) is 10.5. The van der Waals surface area contributed by atoms with Crippen LogP contribution in [0.25, 0.3) is 0 Å². The highest BCUT2D eigenvalue weighted by atomic mass is 16.5. The average Bonchev–Trinajstić information content (AvgIpc) is 2.48. The Morgan fingerprint density at radius 2 is 1.82 bits per heavy atom. The molecular weight excluding hydrogens is 288 g/mol. The molecule has 1 heterocycles. The number of carboxylic acids is 1. The van der Waals surface area contributed by atoms with E-state index in [1.165, 1.54) is 6.07 Å². The summed E-state index contributed by atoms with van der Waals surface area (Å²) in [7, 11) is 0. The molecule has 0 saturated carbocycles. The van der Waals surface area contributed by atoms with Gasteiger partial charge in [-0.1, -0.05) is 12.1 Å². The van der Waals surface area contributed by atoms with E-state index >= 15 is 0 Å². The highest BCUT2D eigenvalue weighted by Crippen LogP contribution is 2.24. The van der Waals surface area contributed by atoms with E-state index in [1.54, 1.807) is 18.2 Å². The van der Waals surface area contributed by atoms with Crippen LogP contribution in [0.1, 0.15) is 0 Å². The van der Waals surface area contributed by atoms with Crippen molar-refractivity contribution in [3.8, 4) is 11.5 Å². The molecule has 0 radical (unpaired) electrons. The number of piperazine rings is 1. The van der Waals surface area contributed by atoms with Gasteiger partial charge in [0.1, 0.15) is 12.7 Å². The lowest BCUT2D eigenvalue weighted by Crippen LogP contribution is -2.50. The number of para-hydroxylation sites is 2. The lowest BCUT2D eigenvalue weighted by Gasteiger charge is -2.34. The van der Waals surface area contributed by atoms with Crippen LogP contribution >= 0.6 is 0 Å². The molecule has 0 aromatic heterocycles. The predicted octanol–water partition coefficient (Wildman–Crippen LogP) is -0.166. The third kappa shape index (κ3) is 5.18. The fraction of sp³-hybridized carbons (Fsp3) is 0.533. The largest absolute Gasteiger partial charge is 0.504 e. The molecule has 7 nitrogen and oxygen atoms in total. The number of phenolic OH excluding ortho intramolecular Hbond substituents is 1. The standard InChI is InChI=1S/C15H22N2O5/c18-12(11-22-14-4-2-1-3-13(14)19)9-16-5-7-17(8-6-16)10-15(20)21/h1-4,12,18-19H,5-11H2,(H,20,21). The Bertz CT molecular complexity index is 489. The summed E-state index contributed by atoms with van der Waals surface area (Å²) in [6.45, 7) is 3.44. The SMILES string of the molecule is O=C(O)CN1CCN(CC(O)COc2ccccc2O)CC1. The van der Waals surface area contributed by atoms with Crippen LogP contribution < -0.4 is 4.74 Å². The highest BCUT2D eigenvalue weighted by molar-refractivity contribution is 5.69. The number of β-amino-alcohol motifs (C(OH)–C–C–N with tert-alkyl or cyclic N) is 1. The second-order valence-corrected chi connectivity index (χ2v) is 5.40. The highest BCUT2D eigenvalue weighted by Gasteiger charge is 2.20. The number of aliphatic hydroxyl groups excluding tert-OH is 1. The zero-order chi connectivity index (χ0) is 15.9. The Morgan fingerprint density at radius 1 is 1.18 bits per heavy atom. The minimum atomic E-state index is -0.815. The van der Waals surface area contributed by atoms with E-state index in [1.807, 2.05) is 4.90 Å². The molecule has 3 N–H and O–H groups in total. The van der Waals surface area contributed by atoms with E-state index in [-0.39, 0.29) is 18.9 Å². The van der Waals surface area contributed by atoms with Crippen LogP contribution in [-0.2, 0) is 4.79 Å². The van der Waals surface area contributed by atoms with Crippen molar-refractivity contribution < 1.29 is 24.9 Å². The summed E-state index contributed by atoms with van der Waals surface area (Å²) in [5.41, 5.74) is 0. The molecular formula is C15H22N2O5. The first-order valence-electron chi connectivity index (χ1n) is 7.30. The van der Waals surface area contributed by atoms with Gasteiger partial charge in [0.15, 0.2) is 11.5 Å². The smallest absolute Gasteiger partial charge is 0.317 e. The molecule has 122 valence electrons. The van der Waals surface area contributed by atoms with E-state index in [9.17, 15) is 15.0 Å². The third-order valence-electron chi connectivity index (χ3n) is 3.59. The van der Waals surface area contributed by atoms with Gasteiger partial charge < -0.3 is 20.1 Å². The predicted molar refractivity (Wildman–Crippen MR) is 80.1 cm³/mol. The van der Waals surface area contributed by atoms with E-state index in [0.29, 0.717) is 25.4 Å². The van der Waals surface area contributed by atoms with Crippen molar-refractivity contribution in [2.75, 3.05) is 45.9 Å². The minimum absolute atomic E-state index is 0.0528. The Hall–Kier alpha value is -1.83. The summed E-state index contributed by atoms with van der Waals surface area (Å²) >= 11 is 0. The van der Waals surface area contributed by atoms with Crippen LogP contribution in [0.3, 0.4) is 0 Å². The first kappa shape index (κ1) is 16.5. The van der Waals surface area contributed by atoms with Crippen molar-refractivity contribution in [2.24, 2.45) is 0 Å². The Labute approximate surface area is 129 Å². The van der Waals surface area contributed by atoms with Crippen molar-refractivity contribution >= 4 is 5.97 Å². The van der Waals surface area contributed by atoms with Gasteiger partial charge in [0.2, 0.25) is 0 Å². The number of hydrogen-bond acceptors (Lipinski definition) is 6. The van der Waals surface area contributed by atoms with Gasteiger partial charge in [0, 0.05) is 32.7 Å². The Morgan fingerprint density at radius 3 is 2.45 bits per heavy atom. The number of carbonyl (C=O) groups is 1. The number of hydrogen-bond donors (Lipinski definition) is 3. The summed E-state index contributed by atoms with van der Waals surface area (Å²) in [6.07, 6.45) is -0.661. The fourth-order valence-corrected chi connectivity index (χ4v) is 2.44. The molecule has 2 rings (SSSR count). The molecule has 1 aromatic carbocycles. The number of ether oxygens (including phenoxy) is 1. The van der Waals surface area contributed by atoms with Crippen LogP contribution in [0.2, 0.25) is 0 Å². The van der Waals surface area contributed by atoms with Crippen molar-refractivity contribution in [1.29, 1.82) is 0 Å². The number of phenols is 1. The van der Waals surface area contributed by atoms with Crippen LogP contribution in [0, 0.1) is 0 Å². The van der Waals surface area contributed by atoms with Crippen LogP contribution in [0.5, 0.6) is 11.5 Å². The molecule has 0 amide bonds. The quantitative estimate of drug-likeness (QED) is 0.644. The minimum Gasteiger partial charge on any atom is -0.504 e. The van der Waals surface area contributed by atoms with Gasteiger partial charge in [-0.2, -0.15) is 0 Å². The molecule has 22 heavy (non-hydrogen) atoms. The first-order valence-corrected chi connectivity index (χ1v) is 7.30. The molecule has 1 atom stereocenters. The number of nitrogens with zero attached hydrogens (tertiary/aromatic N) is 2. The number of carboxylic acid groups (broad SMARTS) is 1. The number of aliphatic hydroxyl groups is 1. The van der Waals surface area contributed by atoms with Gasteiger partial charge in [-0.3, -0.25) is 14.6 Å². The number of aliphatic carboxylic acids is 1. The average molecular weight is 310 g/mol. The molecule has 0 bridgehead atoms. The van der Waals surface area contributed by atoms with Crippen molar-refractivity contribution in [3.63, 3.8) is 0 Å². The summed E-state index contributed by atoms with van der Waals surface area (Å²) in [4.78, 5) is 14.6. The monoisotopic (exact) mass is 310 g/mol. The second kappa shape index (κ2) is 7.98. The number of aromatic hydroxyl groups is 1. The van der Waals surface area contributed by atoms with Gasteiger partial charge >= 0.3 is 5.97 Å². The summed E-state index contributed by atoms with van der Waals surface area (Å²) < 4.78 is 5.40. The molecule has 1 unspecified atom stereocenters. The fourth-order valence-electron chi connectivity index (χ4n) is 2.44. The maximum absolute atomic E-state index is 10.6. The molecule has 0 spiro atoms. The zero-order valence-corrected chi connectivity index (χ0v) is 12.4. The van der Waals surface area contributed by atoms with Crippen molar-refractivity contribution in [1.82, 2.24) is 9.80 Å². The maximum atomic E-state index is 10.6. The van der Waals surface area contributed by atoms with Gasteiger partial charge in [0.25, 0.3) is 0 Å². The number of rotatable bonds is 7. The van der Waals surface area contributed by atoms with Crippen LogP contribution in [0.4, 0.5) is 0 Å². The summed E-state index contributed by atoms with van der Waals surface area (Å²) in [5, 5.41) is 28.3. The maximum Gasteiger partial charge on any atom is 0.317 e. The zero-order valence-electron chi connectivity index (χ0n) is 12.4. The normalized spacial score (nSPS) is 18.0. The summed E-state index contributed by atoms with van der Waals surface area (Å²) in [5.74, 6) is -0.408. The lowest BCUT2D eigenvalue weighted by atomic mass is 10.2. The molecule has 1 aromatic rings. The van der Waals surface area contributed by atoms with E-state index in [4.69, 9.17) is 9.84 Å². The topological polar surface area (TPSA) is 93.5 Å². The Kier molecular flexibility index (Phi) is 6.00. The van der Waals surface area contributed by atoms with Crippen molar-refractivity contribution in [3.05, 3.63) is 24.3 Å². The van der Waals surface area contributed by atoms with E-state index < -0.39 is 12.1 Å². The lowest BCUT2D eigenvalue weighted by molar-refractivity contribution is -0.138. The van der Waals surface area contributed by atoms with Crippen LogP contribution in [-0.4, -0.2) is 83.1 Å². The molecule has 0 aliphatic carbocycles. The molecule has 1 saturated heterocycles. The van der Waals surface area contributed by atoms with Gasteiger partial charge in [-0.25, -0.2) is 0 Å². The Balaban J connectivity index is 1.69. The summed E-state index contributed by atoms with van der Waals surface area (Å²) in [6, 6.07) is 6.63. The third-order valence-corrected chi connectivity index (χ3v) is 3.59. The van der Waals surface area contributed by atoms with Gasteiger partial charge in [-0.15, -0.1) is 0 Å². The second-order valence-electron chi connectivity index (χ2n) is 5.40. The van der Waals surface area contributed by atoms with Crippen LogP contribution in [0.15, 0.2) is 24.3 Å².